The van der Waals surface area contributed by atoms with Gasteiger partial charge < -0.3 is 8.53 Å². The number of methoxy groups -OCH3 is 1. The molecule has 1 aromatic rings. The minimum Gasteiger partial charge on any atom is -0.644 e. The summed E-state index contributed by atoms with van der Waals surface area (Å²) in [6.45, 7) is -0.663. The molecule has 0 N–H and O–H groups in total. The van der Waals surface area contributed by atoms with Gasteiger partial charge >= 0.3 is 16.6 Å². The molecule has 6 heteroatoms. The van der Waals surface area contributed by atoms with Gasteiger partial charge in [0.2, 0.25) is 0 Å². The van der Waals surface area contributed by atoms with E-state index in [4.69, 9.17) is 20.7 Å². The van der Waals surface area contributed by atoms with Crippen molar-refractivity contribution >= 4 is 33.9 Å². The SMILES string of the molecule is COc1cc(CF)nc(C(=S)[O][Al])c1. The highest BCUT2D eigenvalue weighted by atomic mass is 32.1. The largest absolute Gasteiger partial charge is 0.644 e. The monoisotopic (exact) mass is 227 g/mol. The molecule has 0 fully saturated rings. The topological polar surface area (TPSA) is 31.4 Å². The molecule has 72 valence electrons. The zero-order chi connectivity index (χ0) is 10.6. The second kappa shape index (κ2) is 5.25. The van der Waals surface area contributed by atoms with Crippen LogP contribution >= 0.6 is 12.2 Å². The molecule has 0 saturated heterocycles. The Labute approximate surface area is 95.0 Å². The number of nitrogens with zero attached hydrogens (tertiary/aromatic N) is 1. The van der Waals surface area contributed by atoms with Gasteiger partial charge in [-0.15, -0.1) is 0 Å². The first kappa shape index (κ1) is 11.4. The number of hydrogen-bond donors (Lipinski definition) is 0. The Morgan fingerprint density at radius 2 is 2.36 bits per heavy atom. The highest BCUT2D eigenvalue weighted by Gasteiger charge is 2.06. The average molecular weight is 227 g/mol. The Bertz CT molecular complexity index is 326. The van der Waals surface area contributed by atoms with E-state index >= 15 is 0 Å². The fraction of sp³-hybridized carbons (Fsp3) is 0.250. The first-order valence-corrected chi connectivity index (χ1v) is 4.61. The molecule has 0 saturated carbocycles. The summed E-state index contributed by atoms with van der Waals surface area (Å²) in [6.07, 6.45) is 0. The third kappa shape index (κ3) is 2.64. The van der Waals surface area contributed by atoms with E-state index in [1.54, 1.807) is 6.07 Å². The van der Waals surface area contributed by atoms with Crippen LogP contribution < -0.4 is 4.74 Å². The highest BCUT2D eigenvalue weighted by molar-refractivity contribution is 7.80. The maximum atomic E-state index is 12.4. The van der Waals surface area contributed by atoms with Crippen LogP contribution in [0.25, 0.3) is 0 Å². The lowest BCUT2D eigenvalue weighted by atomic mass is 10.3. The zero-order valence-electron chi connectivity index (χ0n) is 7.49. The first-order chi connectivity index (χ1) is 6.71. The maximum Gasteiger partial charge on any atom is 0.482 e. The van der Waals surface area contributed by atoms with Crippen molar-refractivity contribution in [2.75, 3.05) is 7.11 Å². The van der Waals surface area contributed by atoms with Gasteiger partial charge in [0.1, 0.15) is 18.1 Å². The van der Waals surface area contributed by atoms with Crippen molar-refractivity contribution in [3.05, 3.63) is 23.5 Å². The fourth-order valence-electron chi connectivity index (χ4n) is 0.911. The lowest BCUT2D eigenvalue weighted by Gasteiger charge is -2.07. The molecule has 0 spiro atoms. The van der Waals surface area contributed by atoms with Crippen molar-refractivity contribution in [1.82, 2.24) is 4.98 Å². The summed E-state index contributed by atoms with van der Waals surface area (Å²) in [5, 5.41) is 0.184. The summed E-state index contributed by atoms with van der Waals surface area (Å²) in [5.41, 5.74) is 0.658. The Morgan fingerprint density at radius 3 is 2.86 bits per heavy atom. The second-order valence-corrected chi connectivity index (χ2v) is 3.03. The summed E-state index contributed by atoms with van der Waals surface area (Å²) in [7, 11) is 1.49. The molecule has 1 aromatic heterocycles. The predicted molar refractivity (Wildman–Crippen MR) is 54.1 cm³/mol. The Balaban J connectivity index is 3.10. The number of aromatic nitrogens is 1. The third-order valence-electron chi connectivity index (χ3n) is 1.54. The van der Waals surface area contributed by atoms with Gasteiger partial charge in [-0.25, -0.2) is 9.37 Å². The van der Waals surface area contributed by atoms with Crippen molar-refractivity contribution in [1.29, 1.82) is 0 Å². The Morgan fingerprint density at radius 1 is 1.64 bits per heavy atom. The van der Waals surface area contributed by atoms with Crippen LogP contribution in [0.1, 0.15) is 11.4 Å². The van der Waals surface area contributed by atoms with Crippen molar-refractivity contribution in [2.45, 2.75) is 6.67 Å². The van der Waals surface area contributed by atoms with Gasteiger partial charge in [-0.1, -0.05) is 0 Å². The maximum absolute atomic E-state index is 12.4. The van der Waals surface area contributed by atoms with E-state index in [1.807, 2.05) is 16.6 Å². The lowest BCUT2D eigenvalue weighted by molar-refractivity contribution is 0.409. The smallest absolute Gasteiger partial charge is 0.482 e. The molecule has 2 radical (unpaired) electrons. The number of pyridine rings is 1. The minimum atomic E-state index is -0.663. The number of halogens is 1. The fourth-order valence-corrected chi connectivity index (χ4v) is 1.14. The molecule has 14 heavy (non-hydrogen) atoms. The molecule has 0 aliphatic carbocycles. The molecule has 1 rings (SSSR count). The molecule has 3 nitrogen and oxygen atoms in total. The van der Waals surface area contributed by atoms with Crippen LogP contribution in [0.15, 0.2) is 12.1 Å². The van der Waals surface area contributed by atoms with Crippen molar-refractivity contribution in [2.24, 2.45) is 0 Å². The van der Waals surface area contributed by atoms with E-state index in [2.05, 4.69) is 4.98 Å². The van der Waals surface area contributed by atoms with Crippen LogP contribution in [-0.4, -0.2) is 33.8 Å². The number of hydrogen-bond acceptors (Lipinski definition) is 4. The van der Waals surface area contributed by atoms with E-state index in [9.17, 15) is 4.39 Å². The predicted octanol–water partition coefficient (Wildman–Crippen LogP) is 1.34. The van der Waals surface area contributed by atoms with E-state index in [0.29, 0.717) is 11.4 Å². The summed E-state index contributed by atoms with van der Waals surface area (Å²) in [6, 6.07) is 3.10. The molecular weight excluding hydrogens is 220 g/mol. The molecular formula is C8H7AlFNO2S. The third-order valence-corrected chi connectivity index (χ3v) is 2.25. The molecule has 0 amide bonds. The average Bonchev–Trinajstić information content (AvgIpc) is 2.27. The van der Waals surface area contributed by atoms with Crippen LogP contribution in [0, 0.1) is 0 Å². The van der Waals surface area contributed by atoms with Crippen molar-refractivity contribution < 1.29 is 12.9 Å². The first-order valence-electron chi connectivity index (χ1n) is 3.73. The second-order valence-electron chi connectivity index (χ2n) is 2.42. The number of ether oxygens (including phenoxy) is 1. The van der Waals surface area contributed by atoms with Crippen LogP contribution in [0.2, 0.25) is 0 Å². The summed E-state index contributed by atoms with van der Waals surface area (Å²) in [4.78, 5) is 3.94. The van der Waals surface area contributed by atoms with Gasteiger partial charge in [0.25, 0.3) is 0 Å². The van der Waals surface area contributed by atoms with E-state index in [-0.39, 0.29) is 10.7 Å². The highest BCUT2D eigenvalue weighted by Crippen LogP contribution is 2.15. The molecule has 0 atom stereocenters. The summed E-state index contributed by atoms with van der Waals surface area (Å²) >= 11 is 6.87. The van der Waals surface area contributed by atoms with Gasteiger partial charge in [-0.2, -0.15) is 0 Å². The van der Waals surface area contributed by atoms with Crippen LogP contribution in [0.4, 0.5) is 4.39 Å². The number of thiocarbonyl (C=S) groups is 1. The van der Waals surface area contributed by atoms with Crippen molar-refractivity contribution in [3.8, 4) is 5.75 Å². The number of alkyl halides is 1. The number of rotatable bonds is 3. The van der Waals surface area contributed by atoms with Gasteiger partial charge in [0.05, 0.1) is 12.8 Å². The van der Waals surface area contributed by atoms with Crippen LogP contribution in [0.5, 0.6) is 5.75 Å². The van der Waals surface area contributed by atoms with Crippen LogP contribution in [-0.2, 0) is 10.5 Å². The summed E-state index contributed by atoms with van der Waals surface area (Å²) < 4.78 is 22.1. The van der Waals surface area contributed by atoms with E-state index < -0.39 is 6.67 Å². The van der Waals surface area contributed by atoms with E-state index in [1.165, 1.54) is 13.2 Å². The van der Waals surface area contributed by atoms with Gasteiger partial charge in [-0.05, 0) is 12.2 Å². The van der Waals surface area contributed by atoms with Gasteiger partial charge in [0.15, 0.2) is 5.05 Å². The lowest BCUT2D eigenvalue weighted by Crippen LogP contribution is -2.05. The Hall–Kier alpha value is -0.698. The van der Waals surface area contributed by atoms with Gasteiger partial charge in [-0.3, -0.25) is 0 Å². The molecule has 0 bridgehead atoms. The normalized spacial score (nSPS) is 9.57. The van der Waals surface area contributed by atoms with Crippen molar-refractivity contribution in [3.63, 3.8) is 0 Å². The minimum absolute atomic E-state index is 0.184. The van der Waals surface area contributed by atoms with Gasteiger partial charge in [0, 0.05) is 12.1 Å². The van der Waals surface area contributed by atoms with E-state index in [0.717, 1.165) is 0 Å². The molecule has 1 heterocycles. The zero-order valence-corrected chi connectivity index (χ0v) is 9.46. The summed E-state index contributed by atoms with van der Waals surface area (Å²) in [5.74, 6) is 0.507. The molecule has 0 aliphatic heterocycles. The van der Waals surface area contributed by atoms with Crippen LogP contribution in [0.3, 0.4) is 0 Å². The molecule has 0 aromatic carbocycles. The molecule has 0 aliphatic rings. The molecule has 0 unspecified atom stereocenters. The Kier molecular flexibility index (Phi) is 4.27. The quantitative estimate of drug-likeness (QED) is 0.576. The standard InChI is InChI=1S/C8H8FNO2S.Al/c1-12-6-2-5(4-9)10-7(3-6)8(11)13;/h2-3H,4H2,1H3,(H,11,13);/q;+1/p-1.